The van der Waals surface area contributed by atoms with Gasteiger partial charge >= 0.3 is 24.2 Å². The molecule has 6 N–H and O–H groups in total. The fraction of sp³-hybridized carbons (Fsp3) is 0.222. The van der Waals surface area contributed by atoms with Crippen LogP contribution in [-0.4, -0.2) is 37.5 Å². The highest BCUT2D eigenvalue weighted by molar-refractivity contribution is 6.01. The molecule has 0 heterocycles. The van der Waals surface area contributed by atoms with E-state index in [4.69, 9.17) is 9.47 Å². The van der Waals surface area contributed by atoms with Crippen molar-refractivity contribution in [3.05, 3.63) is 108 Å². The summed E-state index contributed by atoms with van der Waals surface area (Å²) in [6.45, 7) is 7.38. The first-order chi connectivity index (χ1) is 23.0. The number of nitrogens with one attached hydrogen (secondary N) is 6. The molecule has 0 fully saturated rings. The van der Waals surface area contributed by atoms with Crippen LogP contribution in [0, 0.1) is 19.3 Å². The molecule has 48 heavy (non-hydrogen) atoms. The third kappa shape index (κ3) is 10.8. The molecular weight excluding hydrogens is 612 g/mol. The molecular formula is C36H40N6O6. The Kier molecular flexibility index (Phi) is 12.0. The molecule has 4 aromatic rings. The number of rotatable bonds is 11. The first-order valence-electron chi connectivity index (χ1n) is 15.4. The molecule has 0 saturated heterocycles. The van der Waals surface area contributed by atoms with Gasteiger partial charge in [-0.1, -0.05) is 62.4 Å². The molecule has 0 unspecified atom stereocenters. The first-order valence-corrected chi connectivity index (χ1v) is 15.4. The number of amides is 6. The van der Waals surface area contributed by atoms with Crippen LogP contribution in [0.4, 0.5) is 53.3 Å². The maximum absolute atomic E-state index is 12.7. The molecule has 12 heteroatoms. The average molecular weight is 653 g/mol. The summed E-state index contributed by atoms with van der Waals surface area (Å²) in [6.07, 6.45) is -0.838. The molecule has 0 bridgehead atoms. The summed E-state index contributed by atoms with van der Waals surface area (Å²) in [4.78, 5) is 50.2. The molecule has 0 aliphatic rings. The topological polar surface area (TPSA) is 159 Å². The van der Waals surface area contributed by atoms with Gasteiger partial charge < -0.3 is 30.7 Å². The Hall–Kier alpha value is -6.04. The van der Waals surface area contributed by atoms with E-state index in [9.17, 15) is 19.2 Å². The lowest BCUT2D eigenvalue weighted by atomic mass is 9.90. The van der Waals surface area contributed by atoms with Crippen molar-refractivity contribution in [3.63, 3.8) is 0 Å². The fourth-order valence-electron chi connectivity index (χ4n) is 4.31. The summed E-state index contributed by atoms with van der Waals surface area (Å²) in [6, 6.07) is 27.4. The number of carbonyl (C=O) groups excluding carboxylic acids is 4. The van der Waals surface area contributed by atoms with Crippen LogP contribution in [-0.2, 0) is 9.47 Å². The summed E-state index contributed by atoms with van der Waals surface area (Å²) in [5, 5.41) is 16.4. The van der Waals surface area contributed by atoms with Crippen molar-refractivity contribution in [2.24, 2.45) is 5.41 Å². The van der Waals surface area contributed by atoms with Gasteiger partial charge in [0.05, 0.1) is 0 Å². The van der Waals surface area contributed by atoms with Gasteiger partial charge in [-0.2, -0.15) is 0 Å². The molecule has 0 atom stereocenters. The maximum Gasteiger partial charge on any atom is 0.411 e. The minimum atomic E-state index is -0.696. The molecule has 12 nitrogen and oxygen atoms in total. The Morgan fingerprint density at radius 2 is 0.938 bits per heavy atom. The van der Waals surface area contributed by atoms with Gasteiger partial charge in [-0.05, 0) is 79.9 Å². The van der Waals surface area contributed by atoms with E-state index in [-0.39, 0.29) is 13.2 Å². The van der Waals surface area contributed by atoms with E-state index < -0.39 is 29.7 Å². The zero-order valence-electron chi connectivity index (χ0n) is 27.3. The van der Waals surface area contributed by atoms with Gasteiger partial charge in [-0.15, -0.1) is 0 Å². The Morgan fingerprint density at radius 1 is 0.542 bits per heavy atom. The summed E-state index contributed by atoms with van der Waals surface area (Å²) < 4.78 is 11.0. The SMILES string of the molecule is CCC(C)(COC(=O)Nc1ccc(C)c(NC(=O)Nc2ccccc2)c1)COC(=O)Nc1ccc(C)c(NC(=O)Nc2ccccc2)c1. The molecule has 0 aliphatic heterocycles. The van der Waals surface area contributed by atoms with Crippen molar-refractivity contribution < 1.29 is 28.7 Å². The fourth-order valence-corrected chi connectivity index (χ4v) is 4.31. The molecule has 0 saturated carbocycles. The van der Waals surface area contributed by atoms with E-state index >= 15 is 0 Å². The van der Waals surface area contributed by atoms with Crippen LogP contribution >= 0.6 is 0 Å². The molecule has 6 amide bonds. The van der Waals surface area contributed by atoms with E-state index in [1.165, 1.54) is 0 Å². The second-order valence-electron chi connectivity index (χ2n) is 11.5. The van der Waals surface area contributed by atoms with Gasteiger partial charge in [0, 0.05) is 39.5 Å². The van der Waals surface area contributed by atoms with Gasteiger partial charge in [0.1, 0.15) is 13.2 Å². The minimum Gasteiger partial charge on any atom is -0.449 e. The highest BCUT2D eigenvalue weighted by atomic mass is 16.6. The lowest BCUT2D eigenvalue weighted by molar-refractivity contribution is 0.0429. The second-order valence-corrected chi connectivity index (χ2v) is 11.5. The van der Waals surface area contributed by atoms with Crippen LogP contribution < -0.4 is 31.9 Å². The zero-order chi connectivity index (χ0) is 34.5. The van der Waals surface area contributed by atoms with Crippen LogP contribution in [0.3, 0.4) is 0 Å². The van der Waals surface area contributed by atoms with Gasteiger partial charge in [-0.3, -0.25) is 10.6 Å². The lowest BCUT2D eigenvalue weighted by Gasteiger charge is -2.27. The van der Waals surface area contributed by atoms with Gasteiger partial charge in [0.15, 0.2) is 0 Å². The van der Waals surface area contributed by atoms with Crippen molar-refractivity contribution in [2.75, 3.05) is 45.1 Å². The van der Waals surface area contributed by atoms with Crippen LogP contribution in [0.5, 0.6) is 0 Å². The van der Waals surface area contributed by atoms with Gasteiger partial charge in [0.2, 0.25) is 0 Å². The number of hydrogen-bond donors (Lipinski definition) is 6. The third-order valence-electron chi connectivity index (χ3n) is 7.48. The van der Waals surface area contributed by atoms with Crippen LogP contribution in [0.15, 0.2) is 97.1 Å². The summed E-state index contributed by atoms with van der Waals surface area (Å²) >= 11 is 0. The van der Waals surface area contributed by atoms with Crippen LogP contribution in [0.2, 0.25) is 0 Å². The van der Waals surface area contributed by atoms with Crippen molar-refractivity contribution in [2.45, 2.75) is 34.1 Å². The summed E-state index contributed by atoms with van der Waals surface area (Å²) in [7, 11) is 0. The number of para-hydroxylation sites is 2. The van der Waals surface area contributed by atoms with E-state index in [0.717, 1.165) is 11.1 Å². The van der Waals surface area contributed by atoms with E-state index in [2.05, 4.69) is 31.9 Å². The highest BCUT2D eigenvalue weighted by Crippen LogP contribution is 2.25. The van der Waals surface area contributed by atoms with Crippen molar-refractivity contribution in [3.8, 4) is 0 Å². The molecule has 0 aromatic heterocycles. The predicted octanol–water partition coefficient (Wildman–Crippen LogP) is 8.80. The molecule has 0 radical (unpaired) electrons. The Labute approximate surface area is 279 Å². The van der Waals surface area contributed by atoms with E-state index in [0.29, 0.717) is 40.5 Å². The molecule has 4 rings (SSSR count). The normalized spacial score (nSPS) is 10.7. The van der Waals surface area contributed by atoms with Crippen molar-refractivity contribution in [1.82, 2.24) is 0 Å². The molecule has 4 aromatic carbocycles. The molecule has 250 valence electrons. The standard InChI is InChI=1S/C36H40N6O6/c1-5-36(4,22-47-34(45)39-28-18-16-24(2)30(20-28)41-32(43)37-26-12-8-6-9-13-26)23-48-35(46)40-29-19-17-25(3)31(21-29)42-33(44)38-27-14-10-7-11-15-27/h6-21H,5,22-23H2,1-4H3,(H,39,45)(H,40,46)(H2,37,41,43)(H2,38,42,44). The first kappa shape index (κ1) is 34.8. The van der Waals surface area contributed by atoms with E-state index in [1.54, 1.807) is 60.7 Å². The predicted molar refractivity (Wildman–Crippen MR) is 189 cm³/mol. The Morgan fingerprint density at radius 3 is 1.31 bits per heavy atom. The molecule has 0 spiro atoms. The largest absolute Gasteiger partial charge is 0.449 e. The van der Waals surface area contributed by atoms with Gasteiger partial charge in [-0.25, -0.2) is 19.2 Å². The second kappa shape index (κ2) is 16.5. The average Bonchev–Trinajstić information content (AvgIpc) is 3.07. The van der Waals surface area contributed by atoms with Gasteiger partial charge in [0.25, 0.3) is 0 Å². The van der Waals surface area contributed by atoms with Crippen LogP contribution in [0.25, 0.3) is 0 Å². The summed E-state index contributed by atoms with van der Waals surface area (Å²) in [5.74, 6) is 0. The molecule has 0 aliphatic carbocycles. The number of ether oxygens (including phenoxy) is 2. The quantitative estimate of drug-likeness (QED) is 0.0950. The minimum absolute atomic E-state index is 0.0197. The monoisotopic (exact) mass is 652 g/mol. The van der Waals surface area contributed by atoms with Crippen LogP contribution in [0.1, 0.15) is 31.4 Å². The Bertz CT molecular complexity index is 1610. The Balaban J connectivity index is 1.24. The number of hydrogen-bond acceptors (Lipinski definition) is 6. The maximum atomic E-state index is 12.7. The lowest BCUT2D eigenvalue weighted by Crippen LogP contribution is -2.33. The zero-order valence-corrected chi connectivity index (χ0v) is 27.3. The number of anilines is 6. The van der Waals surface area contributed by atoms with Crippen molar-refractivity contribution >= 4 is 58.4 Å². The third-order valence-corrected chi connectivity index (χ3v) is 7.48. The number of carbonyl (C=O) groups is 4. The smallest absolute Gasteiger partial charge is 0.411 e. The van der Waals surface area contributed by atoms with E-state index in [1.807, 2.05) is 64.1 Å². The van der Waals surface area contributed by atoms with Crippen molar-refractivity contribution in [1.29, 1.82) is 0 Å². The number of urea groups is 2. The summed E-state index contributed by atoms with van der Waals surface area (Å²) in [5.41, 5.74) is 4.13. The highest BCUT2D eigenvalue weighted by Gasteiger charge is 2.27. The number of benzene rings is 4. The number of aryl methyl sites for hydroxylation is 2.